The molecular formula is C18H23N3O. The van der Waals surface area contributed by atoms with Crippen molar-refractivity contribution >= 4 is 10.9 Å². The highest BCUT2D eigenvalue weighted by molar-refractivity contribution is 5.80. The minimum atomic E-state index is 0.554. The molecule has 4 heteroatoms. The Bertz CT molecular complexity index is 683. The molecule has 1 atom stereocenters. The Morgan fingerprint density at radius 3 is 2.73 bits per heavy atom. The van der Waals surface area contributed by atoms with Gasteiger partial charge in [0.05, 0.1) is 24.4 Å². The summed E-state index contributed by atoms with van der Waals surface area (Å²) in [6, 6.07) is 7.02. The number of ether oxygens (including phenoxy) is 1. The number of aromatic nitrogens is 2. The van der Waals surface area contributed by atoms with Gasteiger partial charge < -0.3 is 9.64 Å². The van der Waals surface area contributed by atoms with Crippen LogP contribution in [0, 0.1) is 11.8 Å². The molecule has 4 aliphatic rings. The first-order valence-corrected chi connectivity index (χ1v) is 8.69. The molecular weight excluding hydrogens is 274 g/mol. The van der Waals surface area contributed by atoms with E-state index < -0.39 is 0 Å². The van der Waals surface area contributed by atoms with Crippen molar-refractivity contribution in [3.8, 4) is 5.75 Å². The second-order valence-corrected chi connectivity index (χ2v) is 7.27. The van der Waals surface area contributed by atoms with Gasteiger partial charge in [0.15, 0.2) is 0 Å². The molecule has 0 amide bonds. The van der Waals surface area contributed by atoms with Crippen LogP contribution in [0.4, 0.5) is 0 Å². The lowest BCUT2D eigenvalue weighted by atomic mass is 9.84. The molecule has 1 aliphatic carbocycles. The molecule has 6 rings (SSSR count). The molecule has 4 fully saturated rings. The molecule has 1 saturated carbocycles. The molecule has 0 unspecified atom stereocenters. The fraction of sp³-hybridized carbons (Fsp3) is 0.611. The van der Waals surface area contributed by atoms with Crippen molar-refractivity contribution in [2.75, 3.05) is 26.2 Å². The zero-order chi connectivity index (χ0) is 14.5. The highest BCUT2D eigenvalue weighted by Gasteiger charge is 2.36. The summed E-state index contributed by atoms with van der Waals surface area (Å²) in [7, 11) is 0. The summed E-state index contributed by atoms with van der Waals surface area (Å²) in [5.74, 6) is 2.59. The molecule has 4 nitrogen and oxygen atoms in total. The molecule has 116 valence electrons. The number of rotatable bonds is 4. The number of nitrogens with zero attached hydrogens (tertiary/aromatic N) is 3. The van der Waals surface area contributed by atoms with Crippen LogP contribution in [0.1, 0.15) is 31.7 Å². The first kappa shape index (κ1) is 12.9. The van der Waals surface area contributed by atoms with E-state index in [2.05, 4.69) is 27.8 Å². The monoisotopic (exact) mass is 297 g/mol. The predicted molar refractivity (Wildman–Crippen MR) is 86.2 cm³/mol. The summed E-state index contributed by atoms with van der Waals surface area (Å²) < 4.78 is 8.17. The second kappa shape index (κ2) is 4.98. The predicted octanol–water partition coefficient (Wildman–Crippen LogP) is 3.09. The molecule has 22 heavy (non-hydrogen) atoms. The lowest BCUT2D eigenvalue weighted by Gasteiger charge is -2.44. The van der Waals surface area contributed by atoms with Gasteiger partial charge in [-0.25, -0.2) is 0 Å². The molecule has 1 aromatic heterocycles. The van der Waals surface area contributed by atoms with E-state index in [4.69, 9.17) is 9.84 Å². The van der Waals surface area contributed by atoms with E-state index in [1.165, 1.54) is 56.2 Å². The number of piperidine rings is 3. The summed E-state index contributed by atoms with van der Waals surface area (Å²) in [5.41, 5.74) is 1.26. The van der Waals surface area contributed by atoms with Crippen LogP contribution in [0.5, 0.6) is 5.75 Å². The van der Waals surface area contributed by atoms with Crippen molar-refractivity contribution in [2.45, 2.75) is 31.7 Å². The number of hydrogen-bond acceptors (Lipinski definition) is 3. The minimum Gasteiger partial charge on any atom is -0.493 e. The van der Waals surface area contributed by atoms with E-state index in [1.54, 1.807) is 0 Å². The quantitative estimate of drug-likeness (QED) is 0.869. The van der Waals surface area contributed by atoms with Gasteiger partial charge in [0.1, 0.15) is 5.75 Å². The Balaban J connectivity index is 1.42. The average Bonchev–Trinajstić information content (AvgIpc) is 3.31. The Kier molecular flexibility index (Phi) is 2.93. The van der Waals surface area contributed by atoms with Gasteiger partial charge in [-0.05, 0) is 68.8 Å². The van der Waals surface area contributed by atoms with Gasteiger partial charge in [-0.15, -0.1) is 0 Å². The van der Waals surface area contributed by atoms with Gasteiger partial charge >= 0.3 is 0 Å². The third-order valence-electron chi connectivity index (χ3n) is 5.69. The first-order valence-electron chi connectivity index (χ1n) is 8.69. The van der Waals surface area contributed by atoms with Crippen molar-refractivity contribution in [1.82, 2.24) is 14.7 Å². The Labute approximate surface area is 131 Å². The smallest absolute Gasteiger partial charge is 0.120 e. The van der Waals surface area contributed by atoms with Crippen LogP contribution in [-0.2, 0) is 0 Å². The maximum absolute atomic E-state index is 5.90. The first-order chi connectivity index (χ1) is 10.9. The molecule has 2 bridgehead atoms. The van der Waals surface area contributed by atoms with E-state index in [0.29, 0.717) is 6.04 Å². The van der Waals surface area contributed by atoms with Gasteiger partial charge in [0, 0.05) is 11.9 Å². The van der Waals surface area contributed by atoms with E-state index in [1.807, 2.05) is 6.20 Å². The van der Waals surface area contributed by atoms with Crippen LogP contribution in [-0.4, -0.2) is 40.9 Å². The maximum atomic E-state index is 5.90. The third-order valence-corrected chi connectivity index (χ3v) is 5.69. The van der Waals surface area contributed by atoms with Gasteiger partial charge in [0.25, 0.3) is 0 Å². The normalized spacial score (nSPS) is 30.8. The standard InChI is InChI=1S/C18H23N3O/c1-2-13(1)12-22-16-3-4-17-15(9-16)10-19-21(17)18-11-20-7-5-14(18)6-8-20/h3-4,9-10,13-14,18H,1-2,5-8,11-12H2/t18-/m1/s1. The highest BCUT2D eigenvalue weighted by Crippen LogP contribution is 2.37. The Hall–Kier alpha value is -1.55. The van der Waals surface area contributed by atoms with Gasteiger partial charge in [-0.3, -0.25) is 4.68 Å². The van der Waals surface area contributed by atoms with Gasteiger partial charge in [-0.1, -0.05) is 0 Å². The van der Waals surface area contributed by atoms with E-state index in [9.17, 15) is 0 Å². The lowest BCUT2D eigenvalue weighted by molar-refractivity contribution is 0.0534. The SMILES string of the molecule is c1cc2c(cnn2[C@@H]2CN3CCC2CC3)cc1OCC1CC1. The van der Waals surface area contributed by atoms with Crippen molar-refractivity contribution < 1.29 is 4.74 Å². The second-order valence-electron chi connectivity index (χ2n) is 7.27. The van der Waals surface area contributed by atoms with Crippen molar-refractivity contribution in [3.63, 3.8) is 0 Å². The van der Waals surface area contributed by atoms with Crippen molar-refractivity contribution in [2.24, 2.45) is 11.8 Å². The molecule has 3 saturated heterocycles. The fourth-order valence-electron chi connectivity index (χ4n) is 4.09. The van der Waals surface area contributed by atoms with Gasteiger partial charge in [-0.2, -0.15) is 5.10 Å². The van der Waals surface area contributed by atoms with Crippen LogP contribution in [0.15, 0.2) is 24.4 Å². The van der Waals surface area contributed by atoms with Gasteiger partial charge in [0.2, 0.25) is 0 Å². The number of fused-ring (bicyclic) bond motifs is 4. The molecule has 4 heterocycles. The highest BCUT2D eigenvalue weighted by atomic mass is 16.5. The Morgan fingerprint density at radius 1 is 1.14 bits per heavy atom. The zero-order valence-electron chi connectivity index (χ0n) is 12.9. The maximum Gasteiger partial charge on any atom is 0.120 e. The van der Waals surface area contributed by atoms with E-state index in [-0.39, 0.29) is 0 Å². The molecule has 2 aromatic rings. The lowest BCUT2D eigenvalue weighted by Crippen LogP contribution is -2.48. The molecule has 0 N–H and O–H groups in total. The average molecular weight is 297 g/mol. The molecule has 0 spiro atoms. The molecule has 1 aromatic carbocycles. The summed E-state index contributed by atoms with van der Waals surface area (Å²) in [4.78, 5) is 2.59. The van der Waals surface area contributed by atoms with Crippen LogP contribution in [0.2, 0.25) is 0 Å². The largest absolute Gasteiger partial charge is 0.493 e. The number of benzene rings is 1. The number of hydrogen-bond donors (Lipinski definition) is 0. The minimum absolute atomic E-state index is 0.554. The van der Waals surface area contributed by atoms with E-state index >= 15 is 0 Å². The van der Waals surface area contributed by atoms with Crippen LogP contribution in [0.25, 0.3) is 10.9 Å². The topological polar surface area (TPSA) is 30.3 Å². The summed E-state index contributed by atoms with van der Waals surface area (Å²) >= 11 is 0. The van der Waals surface area contributed by atoms with E-state index in [0.717, 1.165) is 24.2 Å². The van der Waals surface area contributed by atoms with Crippen LogP contribution < -0.4 is 4.74 Å². The molecule has 3 aliphatic heterocycles. The zero-order valence-corrected chi connectivity index (χ0v) is 12.9. The summed E-state index contributed by atoms with van der Waals surface area (Å²) in [6.07, 6.45) is 7.33. The van der Waals surface area contributed by atoms with Crippen LogP contribution >= 0.6 is 0 Å². The fourth-order valence-corrected chi connectivity index (χ4v) is 4.09. The summed E-state index contributed by atoms with van der Waals surface area (Å²) in [6.45, 7) is 4.60. The van der Waals surface area contributed by atoms with Crippen LogP contribution in [0.3, 0.4) is 0 Å². The molecule has 0 radical (unpaired) electrons. The van der Waals surface area contributed by atoms with Crippen molar-refractivity contribution in [1.29, 1.82) is 0 Å². The summed E-state index contributed by atoms with van der Waals surface area (Å²) in [5, 5.41) is 5.93. The Morgan fingerprint density at radius 2 is 2.00 bits per heavy atom. The van der Waals surface area contributed by atoms with Crippen molar-refractivity contribution in [3.05, 3.63) is 24.4 Å². The third kappa shape index (κ3) is 2.21.